The Morgan fingerprint density at radius 2 is 2.00 bits per heavy atom. The van der Waals surface area contributed by atoms with E-state index in [1.165, 1.54) is 6.42 Å². The second kappa shape index (κ2) is 5.97. The van der Waals surface area contributed by atoms with Crippen LogP contribution in [0, 0.1) is 5.41 Å². The zero-order valence-electron chi connectivity index (χ0n) is 10.2. The third kappa shape index (κ3) is 4.21. The van der Waals surface area contributed by atoms with Crippen molar-refractivity contribution in [2.45, 2.75) is 20.3 Å². The predicted octanol–water partition coefficient (Wildman–Crippen LogP) is 0.686. The van der Waals surface area contributed by atoms with Crippen LogP contribution in [0.3, 0.4) is 0 Å². The lowest BCUT2D eigenvalue weighted by atomic mass is 9.87. The summed E-state index contributed by atoms with van der Waals surface area (Å²) in [6.45, 7) is 8.77. The monoisotopic (exact) mass is 232 g/mol. The first kappa shape index (κ1) is 13.1. The summed E-state index contributed by atoms with van der Waals surface area (Å²) < 4.78 is 11.2. The van der Waals surface area contributed by atoms with Crippen LogP contribution in [0.15, 0.2) is 0 Å². The lowest BCUT2D eigenvalue weighted by molar-refractivity contribution is 0.167. The summed E-state index contributed by atoms with van der Waals surface area (Å²) >= 11 is 0. The van der Waals surface area contributed by atoms with Crippen LogP contribution in [-0.2, 0) is 10.8 Å². The van der Waals surface area contributed by atoms with E-state index >= 15 is 0 Å². The largest absolute Gasteiger partial charge is 0.319 e. The normalized spacial score (nSPS) is 23.9. The number of nitrogens with one attached hydrogen (secondary N) is 1. The van der Waals surface area contributed by atoms with E-state index in [0.717, 1.165) is 37.7 Å². The lowest BCUT2D eigenvalue weighted by Gasteiger charge is -2.36. The highest BCUT2D eigenvalue weighted by Crippen LogP contribution is 2.22. The van der Waals surface area contributed by atoms with Crippen molar-refractivity contribution in [2.24, 2.45) is 5.41 Å². The first-order valence-corrected chi connectivity index (χ1v) is 7.30. The molecule has 0 aromatic heterocycles. The van der Waals surface area contributed by atoms with E-state index in [2.05, 4.69) is 24.1 Å². The molecule has 0 saturated carbocycles. The van der Waals surface area contributed by atoms with Gasteiger partial charge in [0.25, 0.3) is 0 Å². The van der Waals surface area contributed by atoms with Crippen LogP contribution in [0.25, 0.3) is 0 Å². The van der Waals surface area contributed by atoms with Crippen LogP contribution in [0.2, 0.25) is 0 Å². The molecule has 0 amide bonds. The van der Waals surface area contributed by atoms with Gasteiger partial charge in [-0.15, -0.1) is 0 Å². The standard InChI is InChI=1S/C11H24N2OS/c1-4-11(2,9-12-3)10-13-5-7-15(14)8-6-13/h12H,4-10H2,1-3H3. The van der Waals surface area contributed by atoms with Gasteiger partial charge in [-0.2, -0.15) is 0 Å². The highest BCUT2D eigenvalue weighted by Gasteiger charge is 2.26. The Labute approximate surface area is 96.1 Å². The fourth-order valence-electron chi connectivity index (χ4n) is 2.09. The van der Waals surface area contributed by atoms with E-state index in [1.807, 2.05) is 7.05 Å². The maximum Gasteiger partial charge on any atom is 0.0363 e. The van der Waals surface area contributed by atoms with Crippen LogP contribution in [0.5, 0.6) is 0 Å². The first-order valence-electron chi connectivity index (χ1n) is 5.81. The number of rotatable bonds is 5. The minimum absolute atomic E-state index is 0.355. The molecule has 3 nitrogen and oxygen atoms in total. The maximum atomic E-state index is 11.2. The van der Waals surface area contributed by atoms with Crippen LogP contribution in [-0.4, -0.2) is 53.8 Å². The van der Waals surface area contributed by atoms with Crippen molar-refractivity contribution in [1.29, 1.82) is 0 Å². The molecular weight excluding hydrogens is 208 g/mol. The third-order valence-corrected chi connectivity index (χ3v) is 4.61. The molecule has 0 aliphatic carbocycles. The van der Waals surface area contributed by atoms with Crippen LogP contribution in [0.4, 0.5) is 0 Å². The molecule has 1 fully saturated rings. The molecule has 0 aromatic carbocycles. The average Bonchev–Trinajstić information content (AvgIpc) is 2.22. The van der Waals surface area contributed by atoms with Gasteiger partial charge >= 0.3 is 0 Å². The van der Waals surface area contributed by atoms with Crippen molar-refractivity contribution < 1.29 is 4.21 Å². The Morgan fingerprint density at radius 3 is 2.47 bits per heavy atom. The summed E-state index contributed by atoms with van der Waals surface area (Å²) in [7, 11) is 1.46. The van der Waals surface area contributed by atoms with Crippen molar-refractivity contribution in [1.82, 2.24) is 10.2 Å². The molecule has 1 rings (SSSR count). The summed E-state index contributed by atoms with van der Waals surface area (Å²) in [5.41, 5.74) is 0.355. The van der Waals surface area contributed by atoms with E-state index in [1.54, 1.807) is 0 Å². The molecule has 90 valence electrons. The lowest BCUT2D eigenvalue weighted by Crippen LogP contribution is -2.46. The molecule has 15 heavy (non-hydrogen) atoms. The Balaban J connectivity index is 2.41. The van der Waals surface area contributed by atoms with E-state index in [0.29, 0.717) is 5.41 Å². The summed E-state index contributed by atoms with van der Waals surface area (Å²) in [6.07, 6.45) is 1.19. The van der Waals surface area contributed by atoms with Crippen LogP contribution >= 0.6 is 0 Å². The number of hydrogen-bond acceptors (Lipinski definition) is 3. The van der Waals surface area contributed by atoms with Crippen molar-refractivity contribution in [2.75, 3.05) is 44.7 Å². The minimum Gasteiger partial charge on any atom is -0.319 e. The Bertz CT molecular complexity index is 213. The first-order chi connectivity index (χ1) is 7.09. The molecule has 1 aliphatic heterocycles. The SMILES string of the molecule is CCC(C)(CNC)CN1CCS(=O)CC1. The van der Waals surface area contributed by atoms with Gasteiger partial charge in [0, 0.05) is 48.5 Å². The van der Waals surface area contributed by atoms with Crippen molar-refractivity contribution in [3.05, 3.63) is 0 Å². The summed E-state index contributed by atoms with van der Waals surface area (Å²) in [5.74, 6) is 1.72. The molecule has 1 aliphatic rings. The van der Waals surface area contributed by atoms with Crippen LogP contribution < -0.4 is 5.32 Å². The topological polar surface area (TPSA) is 32.3 Å². The molecular formula is C11H24N2OS. The van der Waals surface area contributed by atoms with Gasteiger partial charge in [0.1, 0.15) is 0 Å². The van der Waals surface area contributed by atoms with E-state index in [4.69, 9.17) is 0 Å². The highest BCUT2D eigenvalue weighted by molar-refractivity contribution is 7.85. The fraction of sp³-hybridized carbons (Fsp3) is 1.00. The second-order valence-electron chi connectivity index (χ2n) is 4.82. The summed E-state index contributed by atoms with van der Waals surface area (Å²) in [6, 6.07) is 0. The van der Waals surface area contributed by atoms with Crippen molar-refractivity contribution in [3.63, 3.8) is 0 Å². The average molecular weight is 232 g/mol. The highest BCUT2D eigenvalue weighted by atomic mass is 32.2. The summed E-state index contributed by atoms with van der Waals surface area (Å²) in [5, 5.41) is 3.27. The van der Waals surface area contributed by atoms with Gasteiger partial charge < -0.3 is 10.2 Å². The molecule has 0 aromatic rings. The van der Waals surface area contributed by atoms with Gasteiger partial charge in [-0.05, 0) is 18.9 Å². The summed E-state index contributed by atoms with van der Waals surface area (Å²) in [4.78, 5) is 2.46. The fourth-order valence-corrected chi connectivity index (χ4v) is 3.22. The third-order valence-electron chi connectivity index (χ3n) is 3.33. The predicted molar refractivity (Wildman–Crippen MR) is 66.6 cm³/mol. The quantitative estimate of drug-likeness (QED) is 0.757. The van der Waals surface area contributed by atoms with Crippen LogP contribution in [0.1, 0.15) is 20.3 Å². The molecule has 0 bridgehead atoms. The molecule has 1 N–H and O–H groups in total. The Morgan fingerprint density at radius 1 is 1.40 bits per heavy atom. The Hall–Kier alpha value is 0.0700. The Kier molecular flexibility index (Phi) is 5.23. The molecule has 0 spiro atoms. The van der Waals surface area contributed by atoms with Gasteiger partial charge in [-0.3, -0.25) is 4.21 Å². The van der Waals surface area contributed by atoms with Gasteiger partial charge in [0.2, 0.25) is 0 Å². The van der Waals surface area contributed by atoms with E-state index < -0.39 is 10.8 Å². The van der Waals surface area contributed by atoms with Crippen molar-refractivity contribution >= 4 is 10.8 Å². The van der Waals surface area contributed by atoms with Crippen molar-refractivity contribution in [3.8, 4) is 0 Å². The molecule has 1 unspecified atom stereocenters. The van der Waals surface area contributed by atoms with E-state index in [-0.39, 0.29) is 0 Å². The molecule has 0 radical (unpaired) electrons. The van der Waals surface area contributed by atoms with Gasteiger partial charge in [0.05, 0.1) is 0 Å². The van der Waals surface area contributed by atoms with Gasteiger partial charge in [-0.25, -0.2) is 0 Å². The van der Waals surface area contributed by atoms with E-state index in [9.17, 15) is 4.21 Å². The zero-order chi connectivity index (χ0) is 11.3. The zero-order valence-corrected chi connectivity index (χ0v) is 11.0. The molecule has 1 saturated heterocycles. The van der Waals surface area contributed by atoms with Gasteiger partial charge in [-0.1, -0.05) is 13.8 Å². The second-order valence-corrected chi connectivity index (χ2v) is 6.51. The van der Waals surface area contributed by atoms with Gasteiger partial charge in [0.15, 0.2) is 0 Å². The molecule has 1 heterocycles. The number of nitrogens with zero attached hydrogens (tertiary/aromatic N) is 1. The smallest absolute Gasteiger partial charge is 0.0363 e. The molecule has 4 heteroatoms. The maximum absolute atomic E-state index is 11.2. The minimum atomic E-state index is -0.552. The number of hydrogen-bond donors (Lipinski definition) is 1. The molecule has 1 atom stereocenters.